The topological polar surface area (TPSA) is 51.2 Å². The first kappa shape index (κ1) is 17.2. The van der Waals surface area contributed by atoms with Crippen LogP contribution in [0.4, 0.5) is 0 Å². The molecule has 1 heterocycles. The molecule has 25 heavy (non-hydrogen) atoms. The molecule has 1 aromatic heterocycles. The second kappa shape index (κ2) is 7.11. The standard InChI is InChI=1S/C20H19ClN2O2/c1-12-6-19(14-9-15(21)11-16(10-14)25-3)23-18-5-4-13(7-17(12)18)8-20(24)22-2/h4-7,9-11H,8H2,1-3H3,(H,22,24). The fourth-order valence-electron chi connectivity index (χ4n) is 2.80. The minimum absolute atomic E-state index is 0.00685. The number of aryl methyl sites for hydroxylation is 1. The molecule has 0 atom stereocenters. The molecule has 0 aliphatic heterocycles. The second-order valence-electron chi connectivity index (χ2n) is 5.91. The molecule has 1 N–H and O–H groups in total. The quantitative estimate of drug-likeness (QED) is 0.765. The molecule has 0 saturated carbocycles. The van der Waals surface area contributed by atoms with Crippen LogP contribution >= 0.6 is 11.6 Å². The van der Waals surface area contributed by atoms with Crippen molar-refractivity contribution in [2.45, 2.75) is 13.3 Å². The van der Waals surface area contributed by atoms with Crippen LogP contribution in [-0.4, -0.2) is 25.0 Å². The summed E-state index contributed by atoms with van der Waals surface area (Å²) in [6.07, 6.45) is 0.360. The summed E-state index contributed by atoms with van der Waals surface area (Å²) in [5, 5.41) is 4.29. The Hall–Kier alpha value is -2.59. The zero-order valence-corrected chi connectivity index (χ0v) is 15.1. The number of halogens is 1. The predicted octanol–water partition coefficient (Wildman–Crippen LogP) is 4.16. The number of hydrogen-bond acceptors (Lipinski definition) is 3. The van der Waals surface area contributed by atoms with Gasteiger partial charge in [0.2, 0.25) is 5.91 Å². The molecule has 0 radical (unpaired) electrons. The van der Waals surface area contributed by atoms with Crippen LogP contribution in [0.25, 0.3) is 22.2 Å². The number of benzene rings is 2. The molecule has 0 saturated heterocycles. The van der Waals surface area contributed by atoms with Crippen molar-refractivity contribution in [3.63, 3.8) is 0 Å². The average Bonchev–Trinajstić information content (AvgIpc) is 2.61. The van der Waals surface area contributed by atoms with Gasteiger partial charge in [0, 0.05) is 23.0 Å². The maximum atomic E-state index is 11.6. The van der Waals surface area contributed by atoms with Crippen molar-refractivity contribution in [1.82, 2.24) is 10.3 Å². The summed E-state index contributed by atoms with van der Waals surface area (Å²) < 4.78 is 5.29. The Bertz CT molecular complexity index is 954. The van der Waals surface area contributed by atoms with E-state index in [1.165, 1.54) is 0 Å². The average molecular weight is 355 g/mol. The van der Waals surface area contributed by atoms with Crippen molar-refractivity contribution in [2.24, 2.45) is 0 Å². The zero-order valence-electron chi connectivity index (χ0n) is 14.4. The molecule has 0 fully saturated rings. The van der Waals surface area contributed by atoms with Crippen molar-refractivity contribution in [3.8, 4) is 17.0 Å². The fourth-order valence-corrected chi connectivity index (χ4v) is 3.03. The number of carbonyl (C=O) groups is 1. The number of aromatic nitrogens is 1. The van der Waals surface area contributed by atoms with Crippen LogP contribution in [0.2, 0.25) is 5.02 Å². The second-order valence-corrected chi connectivity index (χ2v) is 6.34. The lowest BCUT2D eigenvalue weighted by Crippen LogP contribution is -2.19. The number of nitrogens with zero attached hydrogens (tertiary/aromatic N) is 1. The van der Waals surface area contributed by atoms with Crippen LogP contribution in [0.5, 0.6) is 5.75 Å². The molecule has 0 aliphatic carbocycles. The third-order valence-corrected chi connectivity index (χ3v) is 4.34. The number of carbonyl (C=O) groups excluding carboxylic acids is 1. The van der Waals surface area contributed by atoms with Gasteiger partial charge in [-0.25, -0.2) is 4.98 Å². The Labute approximate surface area is 151 Å². The molecule has 3 rings (SSSR count). The molecule has 2 aromatic carbocycles. The lowest BCUT2D eigenvalue weighted by atomic mass is 10.0. The molecule has 5 heteroatoms. The van der Waals surface area contributed by atoms with E-state index in [0.717, 1.165) is 33.3 Å². The lowest BCUT2D eigenvalue weighted by molar-refractivity contribution is -0.119. The Morgan fingerprint density at radius 3 is 2.72 bits per heavy atom. The maximum absolute atomic E-state index is 11.6. The highest BCUT2D eigenvalue weighted by Crippen LogP contribution is 2.30. The normalized spacial score (nSPS) is 10.7. The summed E-state index contributed by atoms with van der Waals surface area (Å²) in [6, 6.07) is 13.5. The van der Waals surface area contributed by atoms with Crippen molar-refractivity contribution in [3.05, 3.63) is 58.6 Å². The number of pyridine rings is 1. The molecule has 0 bridgehead atoms. The van der Waals surface area contributed by atoms with Gasteiger partial charge in [0.1, 0.15) is 5.75 Å². The highest BCUT2D eigenvalue weighted by molar-refractivity contribution is 6.31. The molecule has 3 aromatic rings. The summed E-state index contributed by atoms with van der Waals surface area (Å²) in [6.45, 7) is 2.04. The van der Waals surface area contributed by atoms with Crippen molar-refractivity contribution >= 4 is 28.4 Å². The summed E-state index contributed by atoms with van der Waals surface area (Å²) in [5.41, 5.74) is 4.69. The van der Waals surface area contributed by atoms with Crippen LogP contribution < -0.4 is 10.1 Å². The summed E-state index contributed by atoms with van der Waals surface area (Å²) in [7, 11) is 3.25. The zero-order chi connectivity index (χ0) is 18.0. The molecular weight excluding hydrogens is 336 g/mol. The van der Waals surface area contributed by atoms with E-state index in [-0.39, 0.29) is 5.91 Å². The van der Waals surface area contributed by atoms with Crippen LogP contribution in [0.1, 0.15) is 11.1 Å². The van der Waals surface area contributed by atoms with E-state index in [4.69, 9.17) is 21.3 Å². The summed E-state index contributed by atoms with van der Waals surface area (Å²) >= 11 is 6.17. The largest absolute Gasteiger partial charge is 0.497 e. The van der Waals surface area contributed by atoms with E-state index in [2.05, 4.69) is 5.32 Å². The van der Waals surface area contributed by atoms with Crippen LogP contribution in [0.3, 0.4) is 0 Å². The number of nitrogens with one attached hydrogen (secondary N) is 1. The summed E-state index contributed by atoms with van der Waals surface area (Å²) in [4.78, 5) is 16.3. The first-order chi connectivity index (χ1) is 12.0. The highest BCUT2D eigenvalue weighted by Gasteiger charge is 2.09. The molecular formula is C20H19ClN2O2. The number of amides is 1. The Kier molecular flexibility index (Phi) is 4.91. The van der Waals surface area contributed by atoms with E-state index in [9.17, 15) is 4.79 Å². The van der Waals surface area contributed by atoms with Crippen LogP contribution in [-0.2, 0) is 11.2 Å². The Balaban J connectivity index is 2.06. The van der Waals surface area contributed by atoms with Gasteiger partial charge in [0.15, 0.2) is 0 Å². The van der Waals surface area contributed by atoms with Gasteiger partial charge in [-0.3, -0.25) is 4.79 Å². The maximum Gasteiger partial charge on any atom is 0.224 e. The van der Waals surface area contributed by atoms with Gasteiger partial charge >= 0.3 is 0 Å². The Morgan fingerprint density at radius 2 is 2.00 bits per heavy atom. The van der Waals surface area contributed by atoms with Gasteiger partial charge < -0.3 is 10.1 Å². The van der Waals surface area contributed by atoms with E-state index < -0.39 is 0 Å². The molecule has 0 aliphatic rings. The van der Waals surface area contributed by atoms with Crippen molar-refractivity contribution < 1.29 is 9.53 Å². The third kappa shape index (κ3) is 3.74. The predicted molar refractivity (Wildman–Crippen MR) is 101 cm³/mol. The van der Waals surface area contributed by atoms with Gasteiger partial charge in [-0.05, 0) is 54.4 Å². The van der Waals surface area contributed by atoms with Crippen LogP contribution in [0.15, 0.2) is 42.5 Å². The number of ether oxygens (including phenoxy) is 1. The molecule has 1 amide bonds. The molecule has 0 spiro atoms. The number of rotatable bonds is 4. The number of fused-ring (bicyclic) bond motifs is 1. The third-order valence-electron chi connectivity index (χ3n) is 4.13. The molecule has 0 unspecified atom stereocenters. The SMILES string of the molecule is CNC(=O)Cc1ccc2nc(-c3cc(Cl)cc(OC)c3)cc(C)c2c1. The monoisotopic (exact) mass is 354 g/mol. The smallest absolute Gasteiger partial charge is 0.224 e. The van der Waals surface area contributed by atoms with E-state index >= 15 is 0 Å². The number of likely N-dealkylation sites (N-methyl/N-ethyl adjacent to an activating group) is 1. The minimum Gasteiger partial charge on any atom is -0.497 e. The lowest BCUT2D eigenvalue weighted by Gasteiger charge is -2.10. The van der Waals surface area contributed by atoms with Crippen molar-refractivity contribution in [2.75, 3.05) is 14.2 Å². The van der Waals surface area contributed by atoms with Gasteiger partial charge in [-0.15, -0.1) is 0 Å². The number of hydrogen-bond donors (Lipinski definition) is 1. The number of methoxy groups -OCH3 is 1. The van der Waals surface area contributed by atoms with Gasteiger partial charge in [-0.1, -0.05) is 17.7 Å². The fraction of sp³-hybridized carbons (Fsp3) is 0.200. The van der Waals surface area contributed by atoms with Gasteiger partial charge in [-0.2, -0.15) is 0 Å². The first-order valence-electron chi connectivity index (χ1n) is 7.96. The van der Waals surface area contributed by atoms with E-state index in [0.29, 0.717) is 17.2 Å². The van der Waals surface area contributed by atoms with E-state index in [1.54, 1.807) is 20.2 Å². The van der Waals surface area contributed by atoms with Crippen molar-refractivity contribution in [1.29, 1.82) is 0 Å². The van der Waals surface area contributed by atoms with E-state index in [1.807, 2.05) is 43.3 Å². The molecule has 4 nitrogen and oxygen atoms in total. The minimum atomic E-state index is -0.00685. The Morgan fingerprint density at radius 1 is 1.20 bits per heavy atom. The first-order valence-corrected chi connectivity index (χ1v) is 8.34. The van der Waals surface area contributed by atoms with Gasteiger partial charge in [0.05, 0.1) is 24.7 Å². The van der Waals surface area contributed by atoms with Crippen LogP contribution in [0, 0.1) is 6.92 Å². The molecule has 128 valence electrons. The highest BCUT2D eigenvalue weighted by atomic mass is 35.5. The summed E-state index contributed by atoms with van der Waals surface area (Å²) in [5.74, 6) is 0.690. The van der Waals surface area contributed by atoms with Gasteiger partial charge in [0.25, 0.3) is 0 Å².